The van der Waals surface area contributed by atoms with E-state index in [0.29, 0.717) is 59.6 Å². The van der Waals surface area contributed by atoms with Crippen LogP contribution in [0.1, 0.15) is 317 Å². The second-order valence-corrected chi connectivity index (χ2v) is 44.2. The van der Waals surface area contributed by atoms with Crippen molar-refractivity contribution >= 4 is 35.1 Å². The van der Waals surface area contributed by atoms with Crippen molar-refractivity contribution in [3.8, 4) is 0 Å². The van der Waals surface area contributed by atoms with Gasteiger partial charge in [0.15, 0.2) is 6.39 Å². The molecule has 1 aliphatic carbocycles. The summed E-state index contributed by atoms with van der Waals surface area (Å²) in [6.07, 6.45) is 49.7. The van der Waals surface area contributed by atoms with Crippen molar-refractivity contribution in [1.29, 1.82) is 0 Å². The van der Waals surface area contributed by atoms with Crippen molar-refractivity contribution in [2.75, 3.05) is 6.54 Å². The van der Waals surface area contributed by atoms with Crippen LogP contribution in [-0.2, 0) is 0 Å². The average Bonchev–Trinajstić information content (AvgIpc) is 2.81. The van der Waals surface area contributed by atoms with Gasteiger partial charge in [0, 0.05) is 98.6 Å². The van der Waals surface area contributed by atoms with Gasteiger partial charge in [-0.3, -0.25) is 29.9 Å². The van der Waals surface area contributed by atoms with Gasteiger partial charge in [-0.25, -0.2) is 15.0 Å². The van der Waals surface area contributed by atoms with Gasteiger partial charge in [-0.15, -0.1) is 11.3 Å². The van der Waals surface area contributed by atoms with Crippen molar-refractivity contribution in [2.45, 2.75) is 317 Å². The van der Waals surface area contributed by atoms with Crippen LogP contribution in [0.5, 0.6) is 0 Å². The summed E-state index contributed by atoms with van der Waals surface area (Å²) in [5, 5.41) is 13.1. The molecule has 0 radical (unpaired) electrons. The Kier molecular flexibility index (Phi) is 95.2. The van der Waals surface area contributed by atoms with E-state index in [4.69, 9.17) is 0 Å². The lowest BCUT2D eigenvalue weighted by molar-refractivity contribution is 0.469. The van der Waals surface area contributed by atoms with E-state index in [1.54, 1.807) is 134 Å². The Morgan fingerprint density at radius 1 is 0.254 bits per heavy atom. The minimum Gasteiger partial charge on any atom is -0.473 e. The summed E-state index contributed by atoms with van der Waals surface area (Å²) in [7, 11) is 0. The van der Waals surface area contributed by atoms with Crippen LogP contribution in [0.15, 0.2) is 256 Å². The van der Waals surface area contributed by atoms with Gasteiger partial charge in [0.1, 0.15) is 12.6 Å². The van der Waals surface area contributed by atoms with Crippen LogP contribution in [0.4, 0.5) is 0 Å². The van der Waals surface area contributed by atoms with Gasteiger partial charge >= 0.3 is 0 Å². The highest BCUT2D eigenvalue weighted by molar-refractivity contribution is 7.07. The second-order valence-electron chi connectivity index (χ2n) is 42.7. The molecule has 2 aliphatic heterocycles. The van der Waals surface area contributed by atoms with Gasteiger partial charge in [0.25, 0.3) is 0 Å². The fraction of sp³-hybridized carbons (Fsp3) is 0.586. The predicted molar refractivity (Wildman–Crippen MR) is 516 cm³/mol. The molecule has 8 aromatic rings. The standard InChI is InChI=1S/C5H5N.C5H6.11C5H12.3C4H4N2.2C4H5N.C4H4O.C4H4S.C3H3NO.C3H3NS/c1-2-4-6-5-3-1;1-2-4-5-3-1;11*1-5(2,3)4;1-2-6-4-3-5-1;1-2-5-4-6-3-1;1-2-4-6-5-3-1;4*1-2-4-5-3-1;2*1-2-5-3-4-1/h1-5H;1-4H,5H2;11*1-4H3;3*1-4H;1,3-4H,2H2;1-3H,4H2;2*1-4H;2*1-3H. The van der Waals surface area contributed by atoms with Crippen LogP contribution in [-0.4, -0.2) is 64.1 Å². The number of allylic oxidation sites excluding steroid dienone is 6. The number of thiophene rings is 1. The van der Waals surface area contributed by atoms with Crippen molar-refractivity contribution in [1.82, 2.24) is 45.1 Å². The summed E-state index contributed by atoms with van der Waals surface area (Å²) in [5.74, 6) is 0. The minimum atomic E-state index is 0.500. The zero-order valence-electron chi connectivity index (χ0n) is 81.8. The molecule has 15 heteroatoms. The summed E-state index contributed by atoms with van der Waals surface area (Å²) >= 11 is 3.31. The number of aromatic nitrogens is 9. The molecule has 0 aromatic carbocycles. The third-order valence-corrected chi connectivity index (χ3v) is 6.43. The Hall–Kier alpha value is -7.49. The quantitative estimate of drug-likeness (QED) is 0.142. The highest BCUT2D eigenvalue weighted by atomic mass is 32.1. The number of oxazole rings is 1. The van der Waals surface area contributed by atoms with Crippen molar-refractivity contribution in [2.24, 2.45) is 69.5 Å². The number of pyridine rings is 1. The molecule has 10 heterocycles. The zero-order valence-corrected chi connectivity index (χ0v) is 83.5. The minimum absolute atomic E-state index is 0.500. The lowest BCUT2D eigenvalue weighted by Gasteiger charge is -2.05. The SMILES string of the molecule is C1=CCC=C1.C1=CCN=C1.C1=CN=CC1.CC(C)(C)C.CC(C)(C)C.CC(C)(C)C.CC(C)(C)C.CC(C)(C)C.CC(C)(C)C.CC(C)(C)C.CC(C)(C)C.CC(C)(C)C.CC(C)(C)C.CC(C)(C)C.c1ccncc1.c1ccnnc1.c1ccoc1.c1ccsc1.c1cnccn1.c1cncnc1.c1cocn1.c1cscn1. The van der Waals surface area contributed by atoms with Crippen LogP contribution in [0, 0.1) is 59.6 Å². The van der Waals surface area contributed by atoms with E-state index in [1.807, 2.05) is 95.2 Å². The predicted octanol–water partition coefficient (Wildman–Crippen LogP) is 33.0. The normalized spacial score (nSPS) is 11.2. The maximum absolute atomic E-state index is 4.58. The molecule has 0 amide bonds. The zero-order chi connectivity index (χ0) is 91.2. The monoisotopic (exact) mass is 1620 g/mol. The fourth-order valence-electron chi connectivity index (χ4n) is 2.88. The largest absolute Gasteiger partial charge is 0.473 e. The van der Waals surface area contributed by atoms with Gasteiger partial charge in [-0.1, -0.05) is 359 Å². The Balaban J connectivity index is -0.000000108. The molecule has 0 atom stereocenters. The van der Waals surface area contributed by atoms with Gasteiger partial charge in [0.05, 0.1) is 30.8 Å². The first-order valence-corrected chi connectivity index (χ1v) is 41.6. The molecule has 8 aromatic heterocycles. The fourth-order valence-corrected chi connectivity index (χ4v) is 3.68. The summed E-state index contributed by atoms with van der Waals surface area (Å²) in [5.41, 5.74) is 7.29. The van der Waals surface area contributed by atoms with Gasteiger partial charge < -0.3 is 8.83 Å². The molecule has 0 saturated carbocycles. The van der Waals surface area contributed by atoms with Crippen molar-refractivity contribution in [3.63, 3.8) is 0 Å². The number of furan rings is 1. The molecule has 0 saturated heterocycles. The van der Waals surface area contributed by atoms with Crippen molar-refractivity contribution < 1.29 is 8.83 Å². The van der Waals surface area contributed by atoms with E-state index < -0.39 is 0 Å². The van der Waals surface area contributed by atoms with Gasteiger partial charge in [-0.2, -0.15) is 21.5 Å². The number of hydrogen-bond donors (Lipinski definition) is 0. The molecular formula is C99H179N11O2S2. The van der Waals surface area contributed by atoms with E-state index >= 15 is 0 Å². The first-order valence-electron chi connectivity index (χ1n) is 39.7. The molecule has 3 aliphatic rings. The van der Waals surface area contributed by atoms with Crippen molar-refractivity contribution in [3.05, 3.63) is 237 Å². The molecular weight excluding hydrogens is 1440 g/mol. The molecule has 0 spiro atoms. The summed E-state index contributed by atoms with van der Waals surface area (Å²) in [6.45, 7) is 97.1. The number of rotatable bonds is 0. The van der Waals surface area contributed by atoms with E-state index in [-0.39, 0.29) is 0 Å². The molecule has 13 nitrogen and oxygen atoms in total. The van der Waals surface area contributed by atoms with Crippen LogP contribution < -0.4 is 0 Å². The number of nitrogens with zero attached hydrogens (tertiary/aromatic N) is 11. The van der Waals surface area contributed by atoms with Crippen LogP contribution in [0.25, 0.3) is 0 Å². The highest BCUT2D eigenvalue weighted by Gasteiger charge is 2.00. The van der Waals surface area contributed by atoms with Gasteiger partial charge in [-0.05, 0) is 125 Å². The highest BCUT2D eigenvalue weighted by Crippen LogP contribution is 2.13. The third-order valence-electron chi connectivity index (χ3n) is 5.28. The second kappa shape index (κ2) is 83.5. The van der Waals surface area contributed by atoms with E-state index in [0.717, 1.165) is 19.4 Å². The van der Waals surface area contributed by atoms with E-state index in [9.17, 15) is 0 Å². The molecule has 0 N–H and O–H groups in total. The van der Waals surface area contributed by atoms with Gasteiger partial charge in [0.2, 0.25) is 0 Å². The number of aliphatic imine (C=N–C) groups is 2. The Bertz CT molecular complexity index is 2290. The van der Waals surface area contributed by atoms with Crippen LogP contribution in [0.3, 0.4) is 0 Å². The molecule has 0 unspecified atom stereocenters. The first-order chi connectivity index (χ1) is 51.5. The summed E-state index contributed by atoms with van der Waals surface area (Å²) < 4.78 is 9.06. The Morgan fingerprint density at radius 2 is 0.596 bits per heavy atom. The Morgan fingerprint density at radius 3 is 0.693 bits per heavy atom. The maximum atomic E-state index is 4.58. The first kappa shape index (κ1) is 130. The van der Waals surface area contributed by atoms with E-state index in [1.165, 1.54) is 19.0 Å². The lowest BCUT2D eigenvalue weighted by Crippen LogP contribution is -1.93. The topological polar surface area (TPSA) is 167 Å². The number of thiazole rings is 1. The smallest absolute Gasteiger partial charge is 0.180 e. The third kappa shape index (κ3) is 422. The summed E-state index contributed by atoms with van der Waals surface area (Å²) in [6, 6.07) is 18.8. The Labute approximate surface area is 715 Å². The molecule has 654 valence electrons. The van der Waals surface area contributed by atoms with Crippen LogP contribution >= 0.6 is 22.7 Å². The molecule has 0 fully saturated rings. The molecule has 0 bridgehead atoms. The summed E-state index contributed by atoms with van der Waals surface area (Å²) in [4.78, 5) is 33.5. The lowest BCUT2D eigenvalue weighted by atomic mass is 10.0. The number of hydrogen-bond acceptors (Lipinski definition) is 15. The maximum Gasteiger partial charge on any atom is 0.180 e. The molecule has 114 heavy (non-hydrogen) atoms. The average molecular weight is 1620 g/mol. The molecule has 11 rings (SSSR count). The van der Waals surface area contributed by atoms with Crippen LogP contribution in [0.2, 0.25) is 0 Å². The van der Waals surface area contributed by atoms with E-state index in [2.05, 4.69) is 393 Å².